The number of aliphatic hydroxyl groups excluding tert-OH is 1. The predicted octanol–water partition coefficient (Wildman–Crippen LogP) is 2.50. The molecular weight excluding hydrogens is 288 g/mol. The minimum atomic E-state index is -0.176. The summed E-state index contributed by atoms with van der Waals surface area (Å²) >= 11 is 0. The zero-order valence-electron chi connectivity index (χ0n) is 15.6. The van der Waals surface area contributed by atoms with Gasteiger partial charge >= 0.3 is 0 Å². The lowest BCUT2D eigenvalue weighted by molar-refractivity contribution is -0.262. The molecule has 2 saturated heterocycles. The van der Waals surface area contributed by atoms with Crippen molar-refractivity contribution in [2.24, 2.45) is 5.41 Å². The third-order valence-electron chi connectivity index (χ3n) is 7.30. The van der Waals surface area contributed by atoms with Gasteiger partial charge in [0.15, 0.2) is 0 Å². The number of aliphatic hydroxyl groups is 1. The molecule has 2 atom stereocenters. The number of nitrogens with zero attached hydrogens (tertiary/aromatic N) is 2. The predicted molar refractivity (Wildman–Crippen MR) is 93.6 cm³/mol. The number of likely N-dealkylation sites (tertiary alicyclic amines) is 2. The van der Waals surface area contributed by atoms with Gasteiger partial charge in [0.05, 0.1) is 11.7 Å². The molecule has 0 aromatic rings. The Hall–Kier alpha value is -0.160. The van der Waals surface area contributed by atoms with Crippen molar-refractivity contribution in [3.63, 3.8) is 0 Å². The number of piperidine rings is 2. The Morgan fingerprint density at radius 1 is 1.09 bits per heavy atom. The molecule has 2 aliphatic heterocycles. The molecule has 3 rings (SSSR count). The summed E-state index contributed by atoms with van der Waals surface area (Å²) in [6.07, 6.45) is 6.85. The number of methoxy groups -OCH3 is 1. The lowest BCUT2D eigenvalue weighted by Crippen LogP contribution is -2.69. The topological polar surface area (TPSA) is 35.9 Å². The summed E-state index contributed by atoms with van der Waals surface area (Å²) in [5.74, 6) is 0. The molecule has 0 aromatic heterocycles. The molecule has 3 fully saturated rings. The summed E-state index contributed by atoms with van der Waals surface area (Å²) in [5, 5.41) is 10.4. The summed E-state index contributed by atoms with van der Waals surface area (Å²) in [6, 6.07) is 0. The van der Waals surface area contributed by atoms with Crippen LogP contribution in [-0.4, -0.2) is 72.0 Å². The van der Waals surface area contributed by atoms with Crippen molar-refractivity contribution in [1.82, 2.24) is 9.80 Å². The van der Waals surface area contributed by atoms with Gasteiger partial charge in [0.1, 0.15) is 0 Å². The van der Waals surface area contributed by atoms with Crippen molar-refractivity contribution < 1.29 is 9.84 Å². The second-order valence-electron chi connectivity index (χ2n) is 8.95. The maximum atomic E-state index is 10.4. The second-order valence-corrected chi connectivity index (χ2v) is 8.95. The molecule has 1 spiro atoms. The van der Waals surface area contributed by atoms with E-state index in [9.17, 15) is 5.11 Å². The first kappa shape index (κ1) is 17.7. The molecule has 1 saturated carbocycles. The molecule has 0 radical (unpaired) electrons. The largest absolute Gasteiger partial charge is 0.392 e. The van der Waals surface area contributed by atoms with Crippen molar-refractivity contribution in [3.8, 4) is 0 Å². The van der Waals surface area contributed by atoms with Gasteiger partial charge in [0, 0.05) is 31.0 Å². The Morgan fingerprint density at radius 2 is 1.70 bits per heavy atom. The van der Waals surface area contributed by atoms with Gasteiger partial charge in [-0.1, -0.05) is 6.42 Å². The molecule has 0 bridgehead atoms. The standard InChI is InChI=1S/C19H36N2O2/c1-17(2,21-10-6-5-7-11-21)15-20-12-8-19(9-13-20)16(22)14-18(19,3)23-4/h16,22H,5-15H2,1-4H3/t16-,18+/m1/s1. The first-order valence-corrected chi connectivity index (χ1v) is 9.54. The third-order valence-corrected chi connectivity index (χ3v) is 7.30. The van der Waals surface area contributed by atoms with E-state index < -0.39 is 0 Å². The summed E-state index contributed by atoms with van der Waals surface area (Å²) < 4.78 is 5.78. The Labute approximate surface area is 142 Å². The van der Waals surface area contributed by atoms with Gasteiger partial charge in [-0.25, -0.2) is 0 Å². The number of hydrogen-bond acceptors (Lipinski definition) is 4. The Balaban J connectivity index is 1.57. The van der Waals surface area contributed by atoms with Crippen molar-refractivity contribution in [2.45, 2.75) is 76.5 Å². The maximum absolute atomic E-state index is 10.4. The SMILES string of the molecule is CO[C@@]1(C)C[C@@H](O)C12CCN(CC(C)(C)N1CCCCC1)CC2. The van der Waals surface area contributed by atoms with Crippen LogP contribution in [0.15, 0.2) is 0 Å². The fraction of sp³-hybridized carbons (Fsp3) is 1.00. The first-order chi connectivity index (χ1) is 10.8. The normalized spacial score (nSPS) is 36.1. The van der Waals surface area contributed by atoms with Crippen LogP contribution < -0.4 is 0 Å². The molecule has 0 unspecified atom stereocenters. The van der Waals surface area contributed by atoms with Crippen LogP contribution in [0.4, 0.5) is 0 Å². The van der Waals surface area contributed by atoms with E-state index in [1.807, 2.05) is 0 Å². The molecule has 0 amide bonds. The Bertz CT molecular complexity index is 412. The molecular formula is C19H36N2O2. The fourth-order valence-electron chi connectivity index (χ4n) is 5.39. The average molecular weight is 325 g/mol. The summed E-state index contributed by atoms with van der Waals surface area (Å²) in [6.45, 7) is 12.8. The molecule has 4 nitrogen and oxygen atoms in total. The lowest BCUT2D eigenvalue weighted by Gasteiger charge is -2.63. The zero-order chi connectivity index (χ0) is 16.7. The summed E-state index contributed by atoms with van der Waals surface area (Å²) in [7, 11) is 1.81. The van der Waals surface area contributed by atoms with Gasteiger partial charge in [0.25, 0.3) is 0 Å². The van der Waals surface area contributed by atoms with Gasteiger partial charge in [-0.2, -0.15) is 0 Å². The molecule has 2 heterocycles. The lowest BCUT2D eigenvalue weighted by atomic mass is 9.51. The zero-order valence-corrected chi connectivity index (χ0v) is 15.6. The minimum absolute atomic E-state index is 0.00643. The van der Waals surface area contributed by atoms with E-state index in [2.05, 4.69) is 30.6 Å². The van der Waals surface area contributed by atoms with E-state index in [0.29, 0.717) is 0 Å². The molecule has 3 aliphatic rings. The Morgan fingerprint density at radius 3 is 2.22 bits per heavy atom. The quantitative estimate of drug-likeness (QED) is 0.862. The highest BCUT2D eigenvalue weighted by Gasteiger charge is 2.63. The van der Waals surface area contributed by atoms with Crippen LogP contribution in [0.5, 0.6) is 0 Å². The highest BCUT2D eigenvalue weighted by atomic mass is 16.5. The number of ether oxygens (including phenoxy) is 1. The Kier molecular flexibility index (Phi) is 4.83. The van der Waals surface area contributed by atoms with Crippen LogP contribution >= 0.6 is 0 Å². The molecule has 1 N–H and O–H groups in total. The third kappa shape index (κ3) is 2.97. The van der Waals surface area contributed by atoms with Gasteiger partial charge < -0.3 is 14.7 Å². The number of rotatable bonds is 4. The molecule has 0 aromatic carbocycles. The molecule has 1 aliphatic carbocycles. The molecule has 23 heavy (non-hydrogen) atoms. The van der Waals surface area contributed by atoms with Gasteiger partial charge in [-0.05, 0) is 72.6 Å². The van der Waals surface area contributed by atoms with E-state index in [1.165, 1.54) is 32.4 Å². The smallest absolute Gasteiger partial charge is 0.0757 e. The van der Waals surface area contributed by atoms with Crippen LogP contribution in [0, 0.1) is 5.41 Å². The van der Waals surface area contributed by atoms with Gasteiger partial charge in [-0.3, -0.25) is 4.90 Å². The van der Waals surface area contributed by atoms with E-state index >= 15 is 0 Å². The second kappa shape index (κ2) is 6.29. The highest BCUT2D eigenvalue weighted by molar-refractivity contribution is 5.14. The average Bonchev–Trinajstić information content (AvgIpc) is 2.56. The first-order valence-electron chi connectivity index (χ1n) is 9.54. The van der Waals surface area contributed by atoms with Crippen LogP contribution in [0.2, 0.25) is 0 Å². The van der Waals surface area contributed by atoms with Crippen molar-refractivity contribution in [3.05, 3.63) is 0 Å². The minimum Gasteiger partial charge on any atom is -0.392 e. The van der Waals surface area contributed by atoms with E-state index in [1.54, 1.807) is 7.11 Å². The van der Waals surface area contributed by atoms with Crippen LogP contribution in [0.25, 0.3) is 0 Å². The molecule has 134 valence electrons. The fourth-order valence-corrected chi connectivity index (χ4v) is 5.39. The van der Waals surface area contributed by atoms with Crippen molar-refractivity contribution in [1.29, 1.82) is 0 Å². The van der Waals surface area contributed by atoms with E-state index in [0.717, 1.165) is 38.9 Å². The molecule has 4 heteroatoms. The highest BCUT2D eigenvalue weighted by Crippen LogP contribution is 2.58. The maximum Gasteiger partial charge on any atom is 0.0757 e. The monoisotopic (exact) mass is 324 g/mol. The summed E-state index contributed by atoms with van der Waals surface area (Å²) in [5.41, 5.74) is 0.127. The van der Waals surface area contributed by atoms with Crippen LogP contribution in [0.1, 0.15) is 59.3 Å². The van der Waals surface area contributed by atoms with Crippen molar-refractivity contribution in [2.75, 3.05) is 39.8 Å². The van der Waals surface area contributed by atoms with Crippen LogP contribution in [-0.2, 0) is 4.74 Å². The number of hydrogen-bond donors (Lipinski definition) is 1. The van der Waals surface area contributed by atoms with Gasteiger partial charge in [0.2, 0.25) is 0 Å². The summed E-state index contributed by atoms with van der Waals surface area (Å²) in [4.78, 5) is 5.29. The van der Waals surface area contributed by atoms with Crippen LogP contribution in [0.3, 0.4) is 0 Å². The van der Waals surface area contributed by atoms with Crippen molar-refractivity contribution >= 4 is 0 Å². The van der Waals surface area contributed by atoms with Gasteiger partial charge in [-0.15, -0.1) is 0 Å². The van der Waals surface area contributed by atoms with E-state index in [-0.39, 0.29) is 22.7 Å². The van der Waals surface area contributed by atoms with E-state index in [4.69, 9.17) is 4.74 Å².